The summed E-state index contributed by atoms with van der Waals surface area (Å²) in [6, 6.07) is 7.11. The smallest absolute Gasteiger partial charge is 0.260 e. The molecule has 2 heterocycles. The number of pyridine rings is 1. The first kappa shape index (κ1) is 13.9. The highest BCUT2D eigenvalue weighted by atomic mass is 35.5. The van der Waals surface area contributed by atoms with Crippen LogP contribution in [0, 0.1) is 0 Å². The highest BCUT2D eigenvalue weighted by Crippen LogP contribution is 2.25. The Balaban J connectivity index is 1.85. The van der Waals surface area contributed by atoms with Gasteiger partial charge >= 0.3 is 0 Å². The summed E-state index contributed by atoms with van der Waals surface area (Å²) >= 11 is 11.9. The molecule has 2 aromatic heterocycles. The molecule has 0 aliphatic rings. The molecule has 0 atom stereocenters. The first-order valence-corrected chi connectivity index (χ1v) is 6.85. The SMILES string of the molecule is Nc1cnccc1-c1nc(Cc2ccc(Cl)c(Cl)c2)no1. The molecule has 0 unspecified atom stereocenters. The zero-order valence-electron chi connectivity index (χ0n) is 10.8. The number of benzene rings is 1. The molecule has 0 spiro atoms. The third-order valence-electron chi connectivity index (χ3n) is 2.90. The molecule has 0 saturated carbocycles. The number of anilines is 1. The van der Waals surface area contributed by atoms with Crippen LogP contribution in [0.5, 0.6) is 0 Å². The second-order valence-electron chi connectivity index (χ2n) is 4.40. The van der Waals surface area contributed by atoms with E-state index in [9.17, 15) is 0 Å². The number of hydrogen-bond acceptors (Lipinski definition) is 5. The van der Waals surface area contributed by atoms with Crippen molar-refractivity contribution >= 4 is 28.9 Å². The summed E-state index contributed by atoms with van der Waals surface area (Å²) < 4.78 is 5.23. The molecule has 106 valence electrons. The summed E-state index contributed by atoms with van der Waals surface area (Å²) in [6.45, 7) is 0. The summed E-state index contributed by atoms with van der Waals surface area (Å²) in [7, 11) is 0. The summed E-state index contributed by atoms with van der Waals surface area (Å²) in [5.41, 5.74) is 7.93. The molecule has 21 heavy (non-hydrogen) atoms. The van der Waals surface area contributed by atoms with Crippen molar-refractivity contribution in [1.82, 2.24) is 15.1 Å². The first-order valence-electron chi connectivity index (χ1n) is 6.10. The molecule has 0 amide bonds. The van der Waals surface area contributed by atoms with E-state index in [1.54, 1.807) is 24.4 Å². The van der Waals surface area contributed by atoms with Gasteiger partial charge in [-0.1, -0.05) is 34.4 Å². The number of rotatable bonds is 3. The van der Waals surface area contributed by atoms with Crippen LogP contribution in [0.1, 0.15) is 11.4 Å². The van der Waals surface area contributed by atoms with Gasteiger partial charge in [0, 0.05) is 12.6 Å². The maximum atomic E-state index is 5.98. The number of nitrogens with two attached hydrogens (primary N) is 1. The quantitative estimate of drug-likeness (QED) is 0.797. The average Bonchev–Trinajstić information content (AvgIpc) is 2.92. The predicted octanol–water partition coefficient (Wildman–Crippen LogP) is 3.61. The van der Waals surface area contributed by atoms with Crippen molar-refractivity contribution in [3.8, 4) is 11.5 Å². The van der Waals surface area contributed by atoms with E-state index in [1.165, 1.54) is 6.20 Å². The number of nitrogen functional groups attached to an aromatic ring is 1. The van der Waals surface area contributed by atoms with Gasteiger partial charge in [-0.15, -0.1) is 0 Å². The van der Waals surface area contributed by atoms with Gasteiger partial charge in [-0.2, -0.15) is 4.98 Å². The minimum absolute atomic E-state index is 0.366. The van der Waals surface area contributed by atoms with Crippen molar-refractivity contribution in [3.05, 3.63) is 58.1 Å². The lowest BCUT2D eigenvalue weighted by Crippen LogP contribution is -1.93. The van der Waals surface area contributed by atoms with Gasteiger partial charge in [0.1, 0.15) is 0 Å². The average molecular weight is 321 g/mol. The summed E-state index contributed by atoms with van der Waals surface area (Å²) in [5.74, 6) is 0.907. The van der Waals surface area contributed by atoms with Crippen LogP contribution in [-0.4, -0.2) is 15.1 Å². The molecule has 0 aliphatic carbocycles. The van der Waals surface area contributed by atoms with Crippen LogP contribution in [0.25, 0.3) is 11.5 Å². The number of hydrogen-bond donors (Lipinski definition) is 1. The lowest BCUT2D eigenvalue weighted by molar-refractivity contribution is 0.424. The van der Waals surface area contributed by atoms with E-state index >= 15 is 0 Å². The van der Waals surface area contributed by atoms with Gasteiger partial charge < -0.3 is 10.3 Å². The van der Waals surface area contributed by atoms with Crippen molar-refractivity contribution in [2.45, 2.75) is 6.42 Å². The third kappa shape index (κ3) is 2.99. The first-order chi connectivity index (χ1) is 10.1. The Morgan fingerprint density at radius 3 is 2.76 bits per heavy atom. The van der Waals surface area contributed by atoms with E-state index in [2.05, 4.69) is 15.1 Å². The van der Waals surface area contributed by atoms with Crippen LogP contribution in [-0.2, 0) is 6.42 Å². The van der Waals surface area contributed by atoms with E-state index in [4.69, 9.17) is 33.5 Å². The Hall–Kier alpha value is -2.11. The standard InChI is InChI=1S/C14H10Cl2N4O/c15-10-2-1-8(5-11(10)16)6-13-19-14(21-20-13)9-3-4-18-7-12(9)17/h1-5,7H,6,17H2. The fraction of sp³-hybridized carbons (Fsp3) is 0.0714. The molecule has 0 bridgehead atoms. The van der Waals surface area contributed by atoms with Crippen LogP contribution < -0.4 is 5.73 Å². The minimum Gasteiger partial charge on any atom is -0.397 e. The molecule has 0 aliphatic heterocycles. The maximum Gasteiger partial charge on any atom is 0.260 e. The van der Waals surface area contributed by atoms with Crippen LogP contribution in [0.4, 0.5) is 5.69 Å². The topological polar surface area (TPSA) is 77.8 Å². The summed E-state index contributed by atoms with van der Waals surface area (Å²) in [5, 5.41) is 4.95. The number of halogens is 2. The Morgan fingerprint density at radius 2 is 2.00 bits per heavy atom. The fourth-order valence-corrected chi connectivity index (χ4v) is 2.19. The molecule has 0 saturated heterocycles. The Labute approximate surface area is 130 Å². The van der Waals surface area contributed by atoms with E-state index in [1.807, 2.05) is 6.07 Å². The van der Waals surface area contributed by atoms with Gasteiger partial charge in [-0.3, -0.25) is 4.98 Å². The van der Waals surface area contributed by atoms with Crippen molar-refractivity contribution in [2.75, 3.05) is 5.73 Å². The van der Waals surface area contributed by atoms with Crippen LogP contribution in [0.3, 0.4) is 0 Å². The molecule has 0 fully saturated rings. The molecule has 1 aromatic carbocycles. The summed E-state index contributed by atoms with van der Waals surface area (Å²) in [4.78, 5) is 8.25. The van der Waals surface area contributed by atoms with Crippen LogP contribution in [0.15, 0.2) is 41.2 Å². The van der Waals surface area contributed by atoms with E-state index < -0.39 is 0 Å². The van der Waals surface area contributed by atoms with Crippen molar-refractivity contribution in [1.29, 1.82) is 0 Å². The van der Waals surface area contributed by atoms with E-state index in [0.29, 0.717) is 39.4 Å². The number of aromatic nitrogens is 3. The Morgan fingerprint density at radius 1 is 1.14 bits per heavy atom. The van der Waals surface area contributed by atoms with Crippen molar-refractivity contribution in [2.24, 2.45) is 0 Å². The monoisotopic (exact) mass is 320 g/mol. The highest BCUT2D eigenvalue weighted by molar-refractivity contribution is 6.42. The predicted molar refractivity (Wildman–Crippen MR) is 81.2 cm³/mol. The molecule has 5 nitrogen and oxygen atoms in total. The second-order valence-corrected chi connectivity index (χ2v) is 5.22. The van der Waals surface area contributed by atoms with Gasteiger partial charge in [0.2, 0.25) is 0 Å². The largest absolute Gasteiger partial charge is 0.397 e. The van der Waals surface area contributed by atoms with Crippen LogP contribution in [0.2, 0.25) is 10.0 Å². The molecule has 3 rings (SSSR count). The van der Waals surface area contributed by atoms with Crippen molar-refractivity contribution < 1.29 is 4.52 Å². The van der Waals surface area contributed by atoms with Gasteiger partial charge in [0.15, 0.2) is 5.82 Å². The Kier molecular flexibility index (Phi) is 3.77. The van der Waals surface area contributed by atoms with Crippen LogP contribution >= 0.6 is 23.2 Å². The van der Waals surface area contributed by atoms with Gasteiger partial charge in [0.25, 0.3) is 5.89 Å². The summed E-state index contributed by atoms with van der Waals surface area (Å²) in [6.07, 6.45) is 3.65. The van der Waals surface area contributed by atoms with Gasteiger partial charge in [-0.05, 0) is 23.8 Å². The van der Waals surface area contributed by atoms with E-state index in [-0.39, 0.29) is 0 Å². The molecular weight excluding hydrogens is 311 g/mol. The molecular formula is C14H10Cl2N4O. The van der Waals surface area contributed by atoms with Crippen molar-refractivity contribution in [3.63, 3.8) is 0 Å². The Bertz CT molecular complexity index is 788. The molecule has 0 radical (unpaired) electrons. The fourth-order valence-electron chi connectivity index (χ4n) is 1.87. The highest BCUT2D eigenvalue weighted by Gasteiger charge is 2.12. The normalized spacial score (nSPS) is 10.8. The second kappa shape index (κ2) is 5.71. The lowest BCUT2D eigenvalue weighted by atomic mass is 10.1. The maximum absolute atomic E-state index is 5.98. The molecule has 3 aromatic rings. The molecule has 7 heteroatoms. The zero-order chi connectivity index (χ0) is 14.8. The molecule has 2 N–H and O–H groups in total. The zero-order valence-corrected chi connectivity index (χ0v) is 12.3. The lowest BCUT2D eigenvalue weighted by Gasteiger charge is -1.99. The third-order valence-corrected chi connectivity index (χ3v) is 3.64. The van der Waals surface area contributed by atoms with E-state index in [0.717, 1.165) is 5.56 Å². The number of nitrogens with zero attached hydrogens (tertiary/aromatic N) is 3. The minimum atomic E-state index is 0.366. The van der Waals surface area contributed by atoms with Gasteiger partial charge in [-0.25, -0.2) is 0 Å². The van der Waals surface area contributed by atoms with Gasteiger partial charge in [0.05, 0.1) is 27.5 Å².